The molecule has 0 saturated heterocycles. The van der Waals surface area contributed by atoms with Gasteiger partial charge in [-0.15, -0.1) is 0 Å². The van der Waals surface area contributed by atoms with Crippen LogP contribution in [-0.4, -0.2) is 22.5 Å². The summed E-state index contributed by atoms with van der Waals surface area (Å²) in [6, 6.07) is 6.18. The number of hydrogen-bond donors (Lipinski definition) is 0. The molecule has 0 saturated carbocycles. The Hall–Kier alpha value is -3.92. The summed E-state index contributed by atoms with van der Waals surface area (Å²) in [7, 11) is 0. The Morgan fingerprint density at radius 3 is 2.61 bits per heavy atom. The Kier molecular flexibility index (Phi) is 5.33. The van der Waals surface area contributed by atoms with E-state index >= 15 is 0 Å². The minimum Gasteiger partial charge on any atom is -0.320 e. The van der Waals surface area contributed by atoms with Gasteiger partial charge in [-0.2, -0.15) is 10.2 Å². The molecule has 0 aliphatic carbocycles. The van der Waals surface area contributed by atoms with Gasteiger partial charge in [0.05, 0.1) is 23.5 Å². The summed E-state index contributed by atoms with van der Waals surface area (Å²) < 4.78 is 93.6. The first-order valence-electron chi connectivity index (χ1n) is 10.9. The first-order valence-corrected chi connectivity index (χ1v) is 9.36. The first kappa shape index (κ1) is 19.7. The van der Waals surface area contributed by atoms with Crippen LogP contribution in [0, 0.1) is 46.0 Å². The fourth-order valence-corrected chi connectivity index (χ4v) is 2.95. The van der Waals surface area contributed by atoms with E-state index in [4.69, 9.17) is 9.37 Å². The SMILES string of the molecule is [2H]C([2H])([2H])n1c(=O)nc(N(CC(F)F)c2cc(F)cc(C#CC(C)(C)C#N)c2)c2c(F)c(F)ccc21. The average Bonchev–Trinajstić information content (AvgIpc) is 2.76. The largest absolute Gasteiger partial charge is 0.349 e. The predicted molar refractivity (Wildman–Crippen MR) is 113 cm³/mol. The molecule has 5 nitrogen and oxygen atoms in total. The zero-order valence-electron chi connectivity index (χ0n) is 20.3. The van der Waals surface area contributed by atoms with E-state index < -0.39 is 65.2 Å². The van der Waals surface area contributed by atoms with E-state index in [0.29, 0.717) is 11.0 Å². The highest BCUT2D eigenvalue weighted by Gasteiger charge is 2.25. The topological polar surface area (TPSA) is 61.9 Å². The molecule has 0 amide bonds. The Morgan fingerprint density at radius 1 is 1.24 bits per heavy atom. The molecule has 0 bridgehead atoms. The Morgan fingerprint density at radius 2 is 1.97 bits per heavy atom. The van der Waals surface area contributed by atoms with Crippen molar-refractivity contribution in [2.45, 2.75) is 20.3 Å². The molecule has 0 spiro atoms. The van der Waals surface area contributed by atoms with E-state index in [1.807, 2.05) is 6.07 Å². The summed E-state index contributed by atoms with van der Waals surface area (Å²) in [5.41, 5.74) is -3.59. The van der Waals surface area contributed by atoms with Crippen molar-refractivity contribution >= 4 is 22.4 Å². The van der Waals surface area contributed by atoms with Crippen LogP contribution in [0.3, 0.4) is 0 Å². The molecule has 0 aliphatic rings. The number of alkyl halides is 2. The lowest BCUT2D eigenvalue weighted by molar-refractivity contribution is 0.157. The maximum Gasteiger partial charge on any atom is 0.349 e. The predicted octanol–water partition coefficient (Wildman–Crippen LogP) is 4.66. The number of nitriles is 1. The number of aryl methyl sites for hydroxylation is 1. The quantitative estimate of drug-likeness (QED) is 0.417. The minimum absolute atomic E-state index is 0.0422. The van der Waals surface area contributed by atoms with Crippen LogP contribution in [0.4, 0.5) is 33.5 Å². The van der Waals surface area contributed by atoms with Gasteiger partial charge in [0.15, 0.2) is 17.5 Å². The molecule has 0 fully saturated rings. The van der Waals surface area contributed by atoms with Crippen molar-refractivity contribution in [3.05, 3.63) is 63.8 Å². The van der Waals surface area contributed by atoms with Crippen molar-refractivity contribution in [3.8, 4) is 17.9 Å². The number of halogens is 5. The number of hydrogen-bond acceptors (Lipinski definition) is 4. The normalized spacial score (nSPS) is 13.0. The van der Waals surface area contributed by atoms with Gasteiger partial charge >= 0.3 is 5.69 Å². The lowest BCUT2D eigenvalue weighted by Crippen LogP contribution is -2.30. The van der Waals surface area contributed by atoms with E-state index in [9.17, 15) is 26.7 Å². The Balaban J connectivity index is 2.38. The Bertz CT molecular complexity index is 1500. The molecular formula is C23H17F5N4O. The van der Waals surface area contributed by atoms with Crippen molar-refractivity contribution in [1.29, 1.82) is 5.26 Å². The zero-order valence-corrected chi connectivity index (χ0v) is 17.3. The summed E-state index contributed by atoms with van der Waals surface area (Å²) in [4.78, 5) is 16.7. The third kappa shape index (κ3) is 4.96. The summed E-state index contributed by atoms with van der Waals surface area (Å²) in [5.74, 6) is 0.266. The lowest BCUT2D eigenvalue weighted by Gasteiger charge is -2.25. The second kappa shape index (κ2) is 8.91. The van der Waals surface area contributed by atoms with Crippen LogP contribution >= 0.6 is 0 Å². The highest BCUT2D eigenvalue weighted by molar-refractivity contribution is 5.92. The zero-order chi connectivity index (χ0) is 27.0. The van der Waals surface area contributed by atoms with Crippen molar-refractivity contribution in [3.63, 3.8) is 0 Å². The molecule has 2 aromatic carbocycles. The van der Waals surface area contributed by atoms with Crippen molar-refractivity contribution in [1.82, 2.24) is 9.55 Å². The van der Waals surface area contributed by atoms with Gasteiger partial charge < -0.3 is 4.90 Å². The number of benzene rings is 2. The van der Waals surface area contributed by atoms with Crippen LogP contribution in [-0.2, 0) is 6.98 Å². The standard InChI is InChI=1S/C23H17F5N4O/c1-23(2,12-29)7-6-13-8-14(24)10-15(9-13)32(11-18(26)27)21-19-17(31(3)22(33)30-21)5-4-16(25)20(19)28/h4-5,8-10,18H,11H2,1-3H3/i3D3. The van der Waals surface area contributed by atoms with Gasteiger partial charge in [0.25, 0.3) is 6.43 Å². The van der Waals surface area contributed by atoms with E-state index in [-0.39, 0.29) is 15.8 Å². The van der Waals surface area contributed by atoms with Crippen LogP contribution in [0.15, 0.2) is 35.1 Å². The minimum atomic E-state index is -3.16. The number of anilines is 2. The number of aromatic nitrogens is 2. The summed E-state index contributed by atoms with van der Waals surface area (Å²) in [5, 5.41) is 8.24. The monoisotopic (exact) mass is 463 g/mol. The second-order valence-electron chi connectivity index (χ2n) is 7.50. The van der Waals surface area contributed by atoms with Gasteiger partial charge in [0.1, 0.15) is 11.2 Å². The van der Waals surface area contributed by atoms with Crippen LogP contribution < -0.4 is 10.6 Å². The van der Waals surface area contributed by atoms with Crippen molar-refractivity contribution in [2.24, 2.45) is 12.4 Å². The molecule has 0 radical (unpaired) electrons. The van der Waals surface area contributed by atoms with Crippen LogP contribution in [0.2, 0.25) is 0 Å². The van der Waals surface area contributed by atoms with Gasteiger partial charge in [-0.25, -0.2) is 26.7 Å². The molecule has 0 atom stereocenters. The maximum absolute atomic E-state index is 15.0. The molecule has 0 N–H and O–H groups in total. The van der Waals surface area contributed by atoms with Gasteiger partial charge in [-0.3, -0.25) is 4.57 Å². The van der Waals surface area contributed by atoms with E-state index in [2.05, 4.69) is 16.8 Å². The molecule has 3 aromatic rings. The van der Waals surface area contributed by atoms with E-state index in [1.165, 1.54) is 13.8 Å². The summed E-state index contributed by atoms with van der Waals surface area (Å²) >= 11 is 0. The molecule has 1 heterocycles. The molecule has 33 heavy (non-hydrogen) atoms. The highest BCUT2D eigenvalue weighted by atomic mass is 19.3. The molecular weight excluding hydrogens is 443 g/mol. The van der Waals surface area contributed by atoms with Crippen molar-refractivity contribution in [2.75, 3.05) is 11.4 Å². The smallest absolute Gasteiger partial charge is 0.320 e. The fraction of sp³-hybridized carbons (Fsp3) is 0.261. The Labute approximate surface area is 189 Å². The molecule has 0 aliphatic heterocycles. The lowest BCUT2D eigenvalue weighted by atomic mass is 9.96. The van der Waals surface area contributed by atoms with Crippen LogP contribution in [0.5, 0.6) is 0 Å². The number of fused-ring (bicyclic) bond motifs is 1. The molecule has 0 unspecified atom stereocenters. The molecule has 3 rings (SSSR count). The van der Waals surface area contributed by atoms with E-state index in [1.54, 1.807) is 0 Å². The first-order chi connectivity index (χ1) is 16.6. The highest BCUT2D eigenvalue weighted by Crippen LogP contribution is 2.33. The molecule has 170 valence electrons. The molecule has 1 aromatic heterocycles. The van der Waals surface area contributed by atoms with Crippen LogP contribution in [0.1, 0.15) is 23.5 Å². The van der Waals surface area contributed by atoms with Crippen LogP contribution in [0.25, 0.3) is 10.9 Å². The fourth-order valence-electron chi connectivity index (χ4n) is 2.95. The second-order valence-corrected chi connectivity index (χ2v) is 7.50. The van der Waals surface area contributed by atoms with Gasteiger partial charge in [0.2, 0.25) is 0 Å². The third-order valence-corrected chi connectivity index (χ3v) is 4.50. The van der Waals surface area contributed by atoms with E-state index in [0.717, 1.165) is 24.3 Å². The van der Waals surface area contributed by atoms with Crippen molar-refractivity contribution < 1.29 is 26.1 Å². The average molecular weight is 463 g/mol. The molecule has 10 heteroatoms. The van der Waals surface area contributed by atoms with Gasteiger partial charge in [-0.05, 0) is 44.2 Å². The maximum atomic E-state index is 15.0. The number of nitrogens with zero attached hydrogens (tertiary/aromatic N) is 4. The van der Waals surface area contributed by atoms with Gasteiger partial charge in [-0.1, -0.05) is 11.8 Å². The van der Waals surface area contributed by atoms with Gasteiger partial charge in [0, 0.05) is 22.3 Å². The third-order valence-electron chi connectivity index (χ3n) is 4.50. The number of rotatable bonds is 4. The summed E-state index contributed by atoms with van der Waals surface area (Å²) in [6.07, 6.45) is -3.13. The summed E-state index contributed by atoms with van der Waals surface area (Å²) in [6.45, 7) is -1.41.